The van der Waals surface area contributed by atoms with Crippen LogP contribution in [0.5, 0.6) is 0 Å². The van der Waals surface area contributed by atoms with Crippen LogP contribution in [0.1, 0.15) is 31.8 Å². The zero-order chi connectivity index (χ0) is 15.4. The highest BCUT2D eigenvalue weighted by Gasteiger charge is 2.10. The molecule has 0 heterocycles. The second-order valence-electron chi connectivity index (χ2n) is 4.71. The number of anilines is 1. The van der Waals surface area contributed by atoms with Gasteiger partial charge < -0.3 is 16.2 Å². The maximum atomic E-state index is 12.1. The van der Waals surface area contributed by atoms with E-state index in [1.807, 2.05) is 0 Å². The Morgan fingerprint density at radius 1 is 1.19 bits per heavy atom. The maximum Gasteiger partial charge on any atom is 0.335 e. The molecular weight excluding hydrogens is 268 g/mol. The van der Waals surface area contributed by atoms with Crippen LogP contribution in [0.2, 0.25) is 0 Å². The largest absolute Gasteiger partial charge is 0.478 e. The van der Waals surface area contributed by atoms with Gasteiger partial charge in [-0.25, -0.2) is 4.79 Å². The molecule has 0 spiro atoms. The summed E-state index contributed by atoms with van der Waals surface area (Å²) in [6.45, 7) is 2.05. The number of nitrogens with one attached hydrogen (secondary N) is 1. The molecule has 0 aromatic heterocycles. The van der Waals surface area contributed by atoms with Gasteiger partial charge in [0.1, 0.15) is 0 Å². The third kappa shape index (κ3) is 3.39. The molecule has 108 valence electrons. The van der Waals surface area contributed by atoms with Gasteiger partial charge in [0.25, 0.3) is 5.91 Å². The maximum absolute atomic E-state index is 12.1. The predicted octanol–water partition coefficient (Wildman–Crippen LogP) is 2.21. The van der Waals surface area contributed by atoms with E-state index in [4.69, 9.17) is 10.8 Å². The lowest BCUT2D eigenvalue weighted by Gasteiger charge is -2.09. The summed E-state index contributed by atoms with van der Waals surface area (Å²) in [4.78, 5) is 23.0. The Kier molecular flexibility index (Phi) is 4.23. The van der Waals surface area contributed by atoms with Crippen LogP contribution in [0.4, 0.5) is 5.69 Å². The van der Waals surface area contributed by atoms with Gasteiger partial charge in [-0.15, -0.1) is 0 Å². The third-order valence-corrected chi connectivity index (χ3v) is 3.25. The predicted molar refractivity (Wildman–Crippen MR) is 80.2 cm³/mol. The van der Waals surface area contributed by atoms with E-state index in [1.165, 1.54) is 12.1 Å². The normalized spacial score (nSPS) is 10.1. The number of carbonyl (C=O) groups excluding carboxylic acids is 1. The quantitative estimate of drug-likeness (QED) is 0.750. The van der Waals surface area contributed by atoms with Crippen molar-refractivity contribution < 1.29 is 14.7 Å². The minimum absolute atomic E-state index is 0.196. The number of nitrogen functional groups attached to an aromatic ring is 1. The number of carboxylic acid groups (broad SMARTS) is 1. The summed E-state index contributed by atoms with van der Waals surface area (Å²) >= 11 is 0. The number of carboxylic acids is 1. The molecule has 0 unspecified atom stereocenters. The van der Waals surface area contributed by atoms with E-state index in [2.05, 4.69) is 5.32 Å². The van der Waals surface area contributed by atoms with Crippen molar-refractivity contribution in [3.05, 3.63) is 64.7 Å². The summed E-state index contributed by atoms with van der Waals surface area (Å²) in [6.07, 6.45) is 0. The second kappa shape index (κ2) is 6.09. The van der Waals surface area contributed by atoms with E-state index in [-0.39, 0.29) is 18.0 Å². The highest BCUT2D eigenvalue weighted by Crippen LogP contribution is 2.15. The van der Waals surface area contributed by atoms with E-state index in [9.17, 15) is 9.59 Å². The molecule has 0 aliphatic carbocycles. The summed E-state index contributed by atoms with van der Waals surface area (Å²) in [7, 11) is 0. The fraction of sp³-hybridized carbons (Fsp3) is 0.125. The minimum atomic E-state index is -0.991. The lowest BCUT2D eigenvalue weighted by Crippen LogP contribution is -2.24. The molecule has 4 N–H and O–H groups in total. The Labute approximate surface area is 122 Å². The lowest BCUT2D eigenvalue weighted by molar-refractivity contribution is 0.0696. The van der Waals surface area contributed by atoms with Gasteiger partial charge in [0.2, 0.25) is 0 Å². The summed E-state index contributed by atoms with van der Waals surface area (Å²) < 4.78 is 0. The zero-order valence-electron chi connectivity index (χ0n) is 11.6. The molecule has 1 amide bonds. The van der Waals surface area contributed by atoms with Crippen molar-refractivity contribution in [3.8, 4) is 0 Å². The van der Waals surface area contributed by atoms with Crippen LogP contribution in [0.25, 0.3) is 0 Å². The van der Waals surface area contributed by atoms with Crippen LogP contribution in [0, 0.1) is 6.92 Å². The minimum Gasteiger partial charge on any atom is -0.478 e. The number of rotatable bonds is 4. The van der Waals surface area contributed by atoms with Gasteiger partial charge in [-0.2, -0.15) is 0 Å². The van der Waals surface area contributed by atoms with Gasteiger partial charge in [-0.1, -0.05) is 18.2 Å². The Bertz CT molecular complexity index is 696. The SMILES string of the molecule is Cc1c(N)cccc1C(=O)NCc1cccc(C(=O)O)c1. The average molecular weight is 284 g/mol. The molecular formula is C16H16N2O3. The Morgan fingerprint density at radius 2 is 1.90 bits per heavy atom. The topological polar surface area (TPSA) is 92.4 Å². The van der Waals surface area contributed by atoms with Crippen molar-refractivity contribution in [1.82, 2.24) is 5.32 Å². The van der Waals surface area contributed by atoms with E-state index in [1.54, 1.807) is 37.3 Å². The number of amides is 1. The Hall–Kier alpha value is -2.82. The van der Waals surface area contributed by atoms with Gasteiger partial charge in [-0.05, 0) is 42.3 Å². The number of hydrogen-bond donors (Lipinski definition) is 3. The van der Waals surface area contributed by atoms with Crippen LogP contribution in [0.15, 0.2) is 42.5 Å². The molecule has 0 fully saturated rings. The van der Waals surface area contributed by atoms with Gasteiger partial charge in [0, 0.05) is 17.8 Å². The molecule has 0 aliphatic heterocycles. The first-order valence-electron chi connectivity index (χ1n) is 6.44. The molecule has 0 aliphatic rings. The first-order valence-corrected chi connectivity index (χ1v) is 6.44. The Morgan fingerprint density at radius 3 is 2.62 bits per heavy atom. The number of carbonyl (C=O) groups is 2. The summed E-state index contributed by atoms with van der Waals surface area (Å²) in [5.74, 6) is -1.23. The van der Waals surface area contributed by atoms with Crippen LogP contribution >= 0.6 is 0 Å². The van der Waals surface area contributed by atoms with Crippen LogP contribution in [0.3, 0.4) is 0 Å². The smallest absolute Gasteiger partial charge is 0.335 e. The molecule has 0 saturated heterocycles. The van der Waals surface area contributed by atoms with Crippen LogP contribution in [-0.4, -0.2) is 17.0 Å². The van der Waals surface area contributed by atoms with Crippen molar-refractivity contribution in [3.63, 3.8) is 0 Å². The average Bonchev–Trinajstić information content (AvgIpc) is 2.48. The number of hydrogen-bond acceptors (Lipinski definition) is 3. The molecule has 21 heavy (non-hydrogen) atoms. The van der Waals surface area contributed by atoms with Crippen molar-refractivity contribution in [2.45, 2.75) is 13.5 Å². The highest BCUT2D eigenvalue weighted by molar-refractivity contribution is 5.96. The summed E-state index contributed by atoms with van der Waals surface area (Å²) in [5, 5.41) is 11.7. The first kappa shape index (κ1) is 14.6. The van der Waals surface area contributed by atoms with Crippen molar-refractivity contribution in [1.29, 1.82) is 0 Å². The van der Waals surface area contributed by atoms with Crippen LogP contribution < -0.4 is 11.1 Å². The van der Waals surface area contributed by atoms with Crippen molar-refractivity contribution in [2.75, 3.05) is 5.73 Å². The molecule has 0 radical (unpaired) electrons. The van der Waals surface area contributed by atoms with E-state index in [0.717, 1.165) is 11.1 Å². The second-order valence-corrected chi connectivity index (χ2v) is 4.71. The van der Waals surface area contributed by atoms with Crippen LogP contribution in [-0.2, 0) is 6.54 Å². The number of nitrogens with two attached hydrogens (primary N) is 1. The number of benzene rings is 2. The van der Waals surface area contributed by atoms with E-state index >= 15 is 0 Å². The molecule has 0 atom stereocenters. The Balaban J connectivity index is 2.09. The standard InChI is InChI=1S/C16H16N2O3/c1-10-13(6-3-7-14(10)17)15(19)18-9-11-4-2-5-12(8-11)16(20)21/h2-8H,9,17H2,1H3,(H,18,19)(H,20,21). The monoisotopic (exact) mass is 284 g/mol. The van der Waals surface area contributed by atoms with Gasteiger partial charge in [0.05, 0.1) is 5.56 Å². The summed E-state index contributed by atoms with van der Waals surface area (Å²) in [5.41, 5.74) is 8.51. The zero-order valence-corrected chi connectivity index (χ0v) is 11.6. The van der Waals surface area contributed by atoms with Gasteiger partial charge >= 0.3 is 5.97 Å². The van der Waals surface area contributed by atoms with E-state index in [0.29, 0.717) is 11.3 Å². The van der Waals surface area contributed by atoms with Crippen molar-refractivity contribution in [2.24, 2.45) is 0 Å². The molecule has 5 heteroatoms. The van der Waals surface area contributed by atoms with Gasteiger partial charge in [-0.3, -0.25) is 4.79 Å². The molecule has 0 bridgehead atoms. The summed E-state index contributed by atoms with van der Waals surface area (Å²) in [6, 6.07) is 11.6. The third-order valence-electron chi connectivity index (χ3n) is 3.25. The molecule has 0 saturated carbocycles. The molecule has 2 aromatic carbocycles. The van der Waals surface area contributed by atoms with Gasteiger partial charge in [0.15, 0.2) is 0 Å². The molecule has 2 aromatic rings. The highest BCUT2D eigenvalue weighted by atomic mass is 16.4. The molecule has 5 nitrogen and oxygen atoms in total. The lowest BCUT2D eigenvalue weighted by atomic mass is 10.1. The molecule has 2 rings (SSSR count). The fourth-order valence-electron chi connectivity index (χ4n) is 1.99. The van der Waals surface area contributed by atoms with E-state index < -0.39 is 5.97 Å². The number of aromatic carboxylic acids is 1. The van der Waals surface area contributed by atoms with Crippen molar-refractivity contribution >= 4 is 17.6 Å². The first-order chi connectivity index (χ1) is 9.99. The fourth-order valence-corrected chi connectivity index (χ4v) is 1.99.